The first-order valence-electron chi connectivity index (χ1n) is 11.1. The lowest BCUT2D eigenvalue weighted by Gasteiger charge is -2.29. The second-order valence-electron chi connectivity index (χ2n) is 8.02. The highest BCUT2D eigenvalue weighted by Gasteiger charge is 2.42. The van der Waals surface area contributed by atoms with Crippen molar-refractivity contribution >= 4 is 23.0 Å². The summed E-state index contributed by atoms with van der Waals surface area (Å²) in [6.07, 6.45) is 4.92. The Labute approximate surface area is 199 Å². The van der Waals surface area contributed by atoms with Crippen LogP contribution in [0.5, 0.6) is 5.75 Å². The second-order valence-corrected chi connectivity index (χ2v) is 8.40. The van der Waals surface area contributed by atoms with E-state index in [2.05, 4.69) is 87.5 Å². The van der Waals surface area contributed by atoms with Gasteiger partial charge in [0.15, 0.2) is 5.11 Å². The van der Waals surface area contributed by atoms with Crippen LogP contribution in [-0.4, -0.2) is 21.8 Å². The van der Waals surface area contributed by atoms with Crippen LogP contribution < -0.4 is 15.0 Å². The Morgan fingerprint density at radius 1 is 0.939 bits per heavy atom. The number of anilines is 1. The standard InChI is InChI=1S/C27H26N4OS/c1-3-19-9-11-21(12-10-19)31-26(25(29-27(31)33)23-7-4-5-17-28-23)24-8-6-18-30(24)20-13-15-22(32-2)16-14-20/h4-18,25-26H,3H2,1-2H3,(H,29,33)/t25-,26+/m0/s1. The number of aryl methyl sites for hydroxylation is 1. The van der Waals surface area contributed by atoms with E-state index in [-0.39, 0.29) is 12.1 Å². The van der Waals surface area contributed by atoms with E-state index in [4.69, 9.17) is 17.0 Å². The summed E-state index contributed by atoms with van der Waals surface area (Å²) in [6, 6.07) is 26.8. The quantitative estimate of drug-likeness (QED) is 0.383. The summed E-state index contributed by atoms with van der Waals surface area (Å²) in [5.41, 5.74) is 5.52. The van der Waals surface area contributed by atoms with Crippen LogP contribution in [0, 0.1) is 0 Å². The molecule has 2 aromatic heterocycles. The molecular weight excluding hydrogens is 428 g/mol. The van der Waals surface area contributed by atoms with Crippen molar-refractivity contribution in [2.75, 3.05) is 12.0 Å². The third-order valence-electron chi connectivity index (χ3n) is 6.15. The summed E-state index contributed by atoms with van der Waals surface area (Å²) in [4.78, 5) is 6.87. The van der Waals surface area contributed by atoms with Crippen LogP contribution in [-0.2, 0) is 6.42 Å². The molecule has 0 amide bonds. The van der Waals surface area contributed by atoms with Gasteiger partial charge in [-0.1, -0.05) is 25.1 Å². The number of methoxy groups -OCH3 is 1. The molecule has 1 aliphatic heterocycles. The molecule has 2 aromatic carbocycles. The molecule has 1 aliphatic rings. The monoisotopic (exact) mass is 454 g/mol. The second kappa shape index (κ2) is 9.08. The summed E-state index contributed by atoms with van der Waals surface area (Å²) in [7, 11) is 1.68. The first-order valence-corrected chi connectivity index (χ1v) is 11.5. The lowest BCUT2D eigenvalue weighted by Crippen LogP contribution is -2.30. The van der Waals surface area contributed by atoms with Gasteiger partial charge in [0, 0.05) is 29.5 Å². The van der Waals surface area contributed by atoms with Crippen molar-refractivity contribution in [2.45, 2.75) is 25.4 Å². The van der Waals surface area contributed by atoms with Crippen LogP contribution in [0.25, 0.3) is 5.69 Å². The van der Waals surface area contributed by atoms with E-state index in [1.807, 2.05) is 30.5 Å². The van der Waals surface area contributed by atoms with Crippen LogP contribution in [0.2, 0.25) is 0 Å². The number of thiocarbonyl (C=S) groups is 1. The molecule has 1 N–H and O–H groups in total. The van der Waals surface area contributed by atoms with Gasteiger partial charge in [-0.25, -0.2) is 0 Å². The van der Waals surface area contributed by atoms with E-state index in [0.29, 0.717) is 5.11 Å². The average Bonchev–Trinajstić information content (AvgIpc) is 3.49. The third kappa shape index (κ3) is 3.98. The minimum absolute atomic E-state index is 0.0722. The van der Waals surface area contributed by atoms with Crippen molar-refractivity contribution in [2.24, 2.45) is 0 Å². The van der Waals surface area contributed by atoms with Crippen molar-refractivity contribution in [3.63, 3.8) is 0 Å². The Morgan fingerprint density at radius 3 is 2.36 bits per heavy atom. The average molecular weight is 455 g/mol. The number of hydrogen-bond donors (Lipinski definition) is 1. The van der Waals surface area contributed by atoms with Gasteiger partial charge in [0.25, 0.3) is 0 Å². The van der Waals surface area contributed by atoms with Gasteiger partial charge in [0.05, 0.1) is 18.8 Å². The fraction of sp³-hybridized carbons (Fsp3) is 0.185. The fourth-order valence-corrected chi connectivity index (χ4v) is 4.78. The molecule has 2 atom stereocenters. The number of nitrogens with zero attached hydrogens (tertiary/aromatic N) is 3. The van der Waals surface area contributed by atoms with Gasteiger partial charge in [-0.2, -0.15) is 0 Å². The van der Waals surface area contributed by atoms with Gasteiger partial charge in [-0.05, 0) is 84.9 Å². The van der Waals surface area contributed by atoms with Crippen LogP contribution in [0.1, 0.15) is 36.0 Å². The predicted molar refractivity (Wildman–Crippen MR) is 136 cm³/mol. The molecule has 5 rings (SSSR count). The van der Waals surface area contributed by atoms with Gasteiger partial charge < -0.3 is 19.5 Å². The highest BCUT2D eigenvalue weighted by molar-refractivity contribution is 7.80. The zero-order chi connectivity index (χ0) is 22.8. The molecule has 0 spiro atoms. The summed E-state index contributed by atoms with van der Waals surface area (Å²) in [6.45, 7) is 2.17. The Balaban J connectivity index is 1.62. The van der Waals surface area contributed by atoms with Crippen LogP contribution >= 0.6 is 12.2 Å². The zero-order valence-electron chi connectivity index (χ0n) is 18.7. The number of nitrogens with one attached hydrogen (secondary N) is 1. The molecule has 1 saturated heterocycles. The Kier molecular flexibility index (Phi) is 5.84. The van der Waals surface area contributed by atoms with Crippen molar-refractivity contribution in [1.82, 2.24) is 14.9 Å². The zero-order valence-corrected chi connectivity index (χ0v) is 19.5. The first-order chi connectivity index (χ1) is 16.2. The summed E-state index contributed by atoms with van der Waals surface area (Å²) in [5, 5.41) is 4.24. The molecule has 166 valence electrons. The summed E-state index contributed by atoms with van der Waals surface area (Å²) < 4.78 is 7.56. The van der Waals surface area contributed by atoms with Crippen LogP contribution in [0.15, 0.2) is 91.3 Å². The van der Waals surface area contributed by atoms with Crippen LogP contribution in [0.3, 0.4) is 0 Å². The molecule has 33 heavy (non-hydrogen) atoms. The van der Waals surface area contributed by atoms with E-state index in [0.717, 1.165) is 34.9 Å². The van der Waals surface area contributed by atoms with E-state index >= 15 is 0 Å². The van der Waals surface area contributed by atoms with Gasteiger partial charge >= 0.3 is 0 Å². The number of pyridine rings is 1. The lowest BCUT2D eigenvalue weighted by atomic mass is 10.0. The number of benzene rings is 2. The minimum atomic E-state index is -0.0866. The third-order valence-corrected chi connectivity index (χ3v) is 6.47. The van der Waals surface area contributed by atoms with Crippen molar-refractivity contribution in [3.8, 4) is 11.4 Å². The molecule has 0 bridgehead atoms. The number of rotatable bonds is 6. The molecule has 0 unspecified atom stereocenters. The van der Waals surface area contributed by atoms with Crippen LogP contribution in [0.4, 0.5) is 5.69 Å². The predicted octanol–water partition coefficient (Wildman–Crippen LogP) is 5.62. The largest absolute Gasteiger partial charge is 0.497 e. The van der Waals surface area contributed by atoms with Gasteiger partial charge in [0.1, 0.15) is 11.8 Å². The maximum Gasteiger partial charge on any atom is 0.174 e. The Bertz CT molecular complexity index is 1240. The molecule has 0 radical (unpaired) electrons. The van der Waals surface area contributed by atoms with Gasteiger partial charge in [-0.15, -0.1) is 0 Å². The lowest BCUT2D eigenvalue weighted by molar-refractivity contribution is 0.414. The smallest absolute Gasteiger partial charge is 0.174 e. The normalized spacial score (nSPS) is 17.8. The topological polar surface area (TPSA) is 42.3 Å². The molecule has 6 heteroatoms. The Morgan fingerprint density at radius 2 is 1.70 bits per heavy atom. The number of hydrogen-bond acceptors (Lipinski definition) is 3. The van der Waals surface area contributed by atoms with E-state index in [1.54, 1.807) is 7.11 Å². The van der Waals surface area contributed by atoms with Crippen molar-refractivity contribution < 1.29 is 4.74 Å². The van der Waals surface area contributed by atoms with E-state index in [1.165, 1.54) is 5.56 Å². The maximum atomic E-state index is 5.87. The van der Waals surface area contributed by atoms with Crippen molar-refractivity contribution in [1.29, 1.82) is 0 Å². The first kappa shape index (κ1) is 21.2. The molecule has 3 heterocycles. The molecule has 5 nitrogen and oxygen atoms in total. The minimum Gasteiger partial charge on any atom is -0.497 e. The number of ether oxygens (including phenoxy) is 1. The van der Waals surface area contributed by atoms with Gasteiger partial charge in [0.2, 0.25) is 0 Å². The molecular formula is C27H26N4OS. The SMILES string of the molecule is CCc1ccc(N2C(=S)N[C@@H](c3ccccn3)[C@H]2c2cccn2-c2ccc(OC)cc2)cc1. The van der Waals surface area contributed by atoms with E-state index in [9.17, 15) is 0 Å². The molecule has 0 saturated carbocycles. The molecule has 0 aliphatic carbocycles. The van der Waals surface area contributed by atoms with Gasteiger partial charge in [-0.3, -0.25) is 4.98 Å². The number of aromatic nitrogens is 2. The molecule has 1 fully saturated rings. The fourth-order valence-electron chi connectivity index (χ4n) is 4.44. The highest BCUT2D eigenvalue weighted by atomic mass is 32.1. The summed E-state index contributed by atoms with van der Waals surface area (Å²) >= 11 is 5.87. The van der Waals surface area contributed by atoms with E-state index < -0.39 is 0 Å². The van der Waals surface area contributed by atoms with Crippen molar-refractivity contribution in [3.05, 3.63) is 108 Å². The maximum absolute atomic E-state index is 5.87. The Hall–Kier alpha value is -3.64. The summed E-state index contributed by atoms with van der Waals surface area (Å²) in [5.74, 6) is 0.833. The highest BCUT2D eigenvalue weighted by Crippen LogP contribution is 2.42. The molecule has 4 aromatic rings.